The lowest BCUT2D eigenvalue weighted by Gasteiger charge is -2.31. The third kappa shape index (κ3) is 7.33. The number of hydrogen-bond donors (Lipinski definition) is 3. The van der Waals surface area contributed by atoms with Gasteiger partial charge in [-0.15, -0.1) is 0 Å². The minimum absolute atomic E-state index is 0.0597. The van der Waals surface area contributed by atoms with Crippen LogP contribution in [0.25, 0.3) is 0 Å². The summed E-state index contributed by atoms with van der Waals surface area (Å²) in [4.78, 5) is 19.0. The fourth-order valence-corrected chi connectivity index (χ4v) is 4.94. The summed E-state index contributed by atoms with van der Waals surface area (Å²) in [7, 11) is 1.63. The summed E-state index contributed by atoms with van der Waals surface area (Å²) in [5.41, 5.74) is 6.64. The summed E-state index contributed by atoms with van der Waals surface area (Å²) in [5.74, 6) is 0.605. The van der Waals surface area contributed by atoms with Crippen LogP contribution in [0.1, 0.15) is 35.6 Å². The molecule has 1 aliphatic heterocycles. The Kier molecular flexibility index (Phi) is 10.8. The Hall–Kier alpha value is -3.14. The first kappa shape index (κ1) is 29.8. The van der Waals surface area contributed by atoms with Gasteiger partial charge in [0.25, 0.3) is 5.91 Å². The van der Waals surface area contributed by atoms with E-state index in [4.69, 9.17) is 47.5 Å². The van der Waals surface area contributed by atoms with Gasteiger partial charge in [-0.25, -0.2) is 10.4 Å². The van der Waals surface area contributed by atoms with Crippen LogP contribution in [0.15, 0.2) is 77.8 Å². The average molecular weight is 587 g/mol. The second-order valence-electron chi connectivity index (χ2n) is 9.34. The minimum Gasteiger partial charge on any atom is -0.494 e. The molecule has 0 fully saturated rings. The van der Waals surface area contributed by atoms with Gasteiger partial charge in [0, 0.05) is 60.9 Å². The van der Waals surface area contributed by atoms with Crippen LogP contribution in [-0.4, -0.2) is 55.9 Å². The number of aliphatic hydroxyl groups excluding tert-OH is 1. The van der Waals surface area contributed by atoms with Gasteiger partial charge >= 0.3 is 0 Å². The molecule has 0 aliphatic carbocycles. The number of nitrogens with zero attached hydrogens (tertiary/aromatic N) is 1. The molecule has 0 aromatic heterocycles. The van der Waals surface area contributed by atoms with Gasteiger partial charge in [0.1, 0.15) is 5.75 Å². The van der Waals surface area contributed by atoms with Gasteiger partial charge in [-0.05, 0) is 48.4 Å². The molecular formula is C30H33Cl2N3O5. The molecule has 3 aromatic rings. The SMILES string of the molecule is COCCCNNC(=O)[C@@]1(Cc2ccccc2)N=C(c2ccc(OCCCO)cc2)O[C@H]1c1ccc(Cl)cc1Cl. The van der Waals surface area contributed by atoms with E-state index in [0.717, 1.165) is 5.56 Å². The van der Waals surface area contributed by atoms with E-state index in [1.54, 1.807) is 37.4 Å². The molecule has 4 rings (SSSR count). The van der Waals surface area contributed by atoms with Crippen LogP contribution in [0.5, 0.6) is 5.75 Å². The molecule has 0 unspecified atom stereocenters. The van der Waals surface area contributed by atoms with Crippen LogP contribution >= 0.6 is 23.2 Å². The van der Waals surface area contributed by atoms with Crippen molar-refractivity contribution in [2.24, 2.45) is 4.99 Å². The van der Waals surface area contributed by atoms with Crippen LogP contribution < -0.4 is 15.6 Å². The molecule has 10 heteroatoms. The van der Waals surface area contributed by atoms with Crippen molar-refractivity contribution in [3.8, 4) is 5.75 Å². The van der Waals surface area contributed by atoms with E-state index in [9.17, 15) is 4.79 Å². The smallest absolute Gasteiger partial charge is 0.266 e. The number of halogens is 2. The molecule has 1 heterocycles. The molecule has 0 saturated carbocycles. The first-order chi connectivity index (χ1) is 19.5. The van der Waals surface area contributed by atoms with E-state index in [0.29, 0.717) is 65.4 Å². The Bertz CT molecular complexity index is 1290. The number of carbonyl (C=O) groups excluding carboxylic acids is 1. The highest BCUT2D eigenvalue weighted by molar-refractivity contribution is 6.35. The van der Waals surface area contributed by atoms with Crippen molar-refractivity contribution in [1.29, 1.82) is 0 Å². The molecule has 0 bridgehead atoms. The Balaban J connectivity index is 1.73. The maximum Gasteiger partial charge on any atom is 0.266 e. The molecule has 2 atom stereocenters. The summed E-state index contributed by atoms with van der Waals surface area (Å²) in [6, 6.07) is 22.0. The third-order valence-corrected chi connectivity index (χ3v) is 7.01. The van der Waals surface area contributed by atoms with E-state index in [-0.39, 0.29) is 18.9 Å². The summed E-state index contributed by atoms with van der Waals surface area (Å²) >= 11 is 12.9. The molecule has 40 heavy (non-hydrogen) atoms. The number of amides is 1. The highest BCUT2D eigenvalue weighted by atomic mass is 35.5. The predicted octanol–water partition coefficient (Wildman–Crippen LogP) is 4.91. The second kappa shape index (κ2) is 14.5. The average Bonchev–Trinajstić information content (AvgIpc) is 3.34. The first-order valence-electron chi connectivity index (χ1n) is 13.1. The lowest BCUT2D eigenvalue weighted by atomic mass is 9.82. The Morgan fingerprint density at radius 3 is 2.52 bits per heavy atom. The minimum atomic E-state index is -1.39. The number of ether oxygens (including phenoxy) is 3. The highest BCUT2D eigenvalue weighted by Crippen LogP contribution is 2.45. The van der Waals surface area contributed by atoms with Crippen LogP contribution in [0.2, 0.25) is 10.0 Å². The Morgan fingerprint density at radius 1 is 1.05 bits per heavy atom. The van der Waals surface area contributed by atoms with Crippen molar-refractivity contribution in [2.45, 2.75) is 30.9 Å². The van der Waals surface area contributed by atoms with E-state index in [1.165, 1.54) is 0 Å². The molecule has 3 aromatic carbocycles. The van der Waals surface area contributed by atoms with E-state index >= 15 is 0 Å². The summed E-state index contributed by atoms with van der Waals surface area (Å²) in [6.45, 7) is 1.54. The number of benzene rings is 3. The van der Waals surface area contributed by atoms with Gasteiger partial charge in [0.05, 0.1) is 6.61 Å². The number of aliphatic hydroxyl groups is 1. The van der Waals surface area contributed by atoms with Crippen molar-refractivity contribution in [3.05, 3.63) is 99.5 Å². The Labute approximate surface area is 244 Å². The number of aliphatic imine (C=N–C) groups is 1. The van der Waals surface area contributed by atoms with Gasteiger partial charge in [-0.1, -0.05) is 59.6 Å². The topological polar surface area (TPSA) is 101 Å². The molecule has 212 valence electrons. The van der Waals surface area contributed by atoms with Gasteiger partial charge in [0.2, 0.25) is 5.90 Å². The molecule has 0 radical (unpaired) electrons. The van der Waals surface area contributed by atoms with Crippen molar-refractivity contribution >= 4 is 35.0 Å². The molecule has 0 spiro atoms. The Morgan fingerprint density at radius 2 is 1.82 bits per heavy atom. The first-order valence-corrected chi connectivity index (χ1v) is 13.8. The van der Waals surface area contributed by atoms with E-state index in [1.807, 2.05) is 42.5 Å². The van der Waals surface area contributed by atoms with E-state index in [2.05, 4.69) is 10.9 Å². The van der Waals surface area contributed by atoms with Crippen LogP contribution in [0.4, 0.5) is 0 Å². The zero-order chi connectivity index (χ0) is 28.4. The molecule has 1 aliphatic rings. The third-order valence-electron chi connectivity index (χ3n) is 6.44. The lowest BCUT2D eigenvalue weighted by Crippen LogP contribution is -2.54. The fraction of sp³-hybridized carbons (Fsp3) is 0.333. The van der Waals surface area contributed by atoms with Crippen LogP contribution in [0.3, 0.4) is 0 Å². The van der Waals surface area contributed by atoms with Crippen LogP contribution in [0, 0.1) is 0 Å². The summed E-state index contributed by atoms with van der Waals surface area (Å²) in [5, 5.41) is 9.85. The largest absolute Gasteiger partial charge is 0.494 e. The van der Waals surface area contributed by atoms with Crippen molar-refractivity contribution in [3.63, 3.8) is 0 Å². The van der Waals surface area contributed by atoms with E-state index < -0.39 is 11.6 Å². The van der Waals surface area contributed by atoms with Crippen LogP contribution in [-0.2, 0) is 20.7 Å². The van der Waals surface area contributed by atoms with Gasteiger partial charge < -0.3 is 19.3 Å². The maximum atomic E-state index is 14.0. The number of hydrogen-bond acceptors (Lipinski definition) is 7. The highest BCUT2D eigenvalue weighted by Gasteiger charge is 2.54. The standard InChI is InChI=1S/C30H33Cl2N3O5/c1-38-17-5-15-33-35-29(37)30(20-21-7-3-2-4-8-21)27(25-14-11-23(31)19-26(25)32)40-28(34-30)22-9-12-24(13-10-22)39-18-6-16-36/h2-4,7-14,19,27,33,36H,5-6,15-18,20H2,1H3,(H,35,37)/t27-,30-/m0/s1. The second-order valence-corrected chi connectivity index (χ2v) is 10.2. The zero-order valence-electron chi connectivity index (χ0n) is 22.2. The number of methoxy groups -OCH3 is 1. The van der Waals surface area contributed by atoms with Gasteiger partial charge in [0.15, 0.2) is 11.6 Å². The number of carbonyl (C=O) groups is 1. The summed E-state index contributed by atoms with van der Waals surface area (Å²) < 4.78 is 17.3. The number of hydrazine groups is 1. The molecule has 1 amide bonds. The molecule has 8 nitrogen and oxygen atoms in total. The van der Waals surface area contributed by atoms with Gasteiger partial charge in [-0.3, -0.25) is 10.2 Å². The predicted molar refractivity (Wildman–Crippen MR) is 156 cm³/mol. The van der Waals surface area contributed by atoms with Crippen molar-refractivity contribution in [1.82, 2.24) is 10.9 Å². The number of nitrogens with one attached hydrogen (secondary N) is 2. The summed E-state index contributed by atoms with van der Waals surface area (Å²) in [6.07, 6.45) is 0.674. The molecule has 0 saturated heterocycles. The quantitative estimate of drug-likeness (QED) is 0.183. The monoisotopic (exact) mass is 585 g/mol. The van der Waals surface area contributed by atoms with Gasteiger partial charge in [-0.2, -0.15) is 0 Å². The lowest BCUT2D eigenvalue weighted by molar-refractivity contribution is -0.130. The van der Waals surface area contributed by atoms with Crippen molar-refractivity contribution < 1.29 is 24.1 Å². The fourth-order valence-electron chi connectivity index (χ4n) is 4.44. The molecule has 3 N–H and O–H groups in total. The molecular weight excluding hydrogens is 553 g/mol. The maximum absolute atomic E-state index is 14.0. The number of rotatable bonds is 14. The zero-order valence-corrected chi connectivity index (χ0v) is 23.8. The normalized spacial score (nSPS) is 18.2. The van der Waals surface area contributed by atoms with Crippen molar-refractivity contribution in [2.75, 3.05) is 33.5 Å².